The van der Waals surface area contributed by atoms with Gasteiger partial charge in [0.2, 0.25) is 5.91 Å². The van der Waals surface area contributed by atoms with Gasteiger partial charge >= 0.3 is 6.18 Å². The molecule has 0 aromatic heterocycles. The molecule has 1 rings (SSSR count). The van der Waals surface area contributed by atoms with Gasteiger partial charge in [0.15, 0.2) is 0 Å². The number of nitrogens with zero attached hydrogens (tertiary/aromatic N) is 1. The van der Waals surface area contributed by atoms with Crippen LogP contribution in [-0.4, -0.2) is 42.0 Å². The topological polar surface area (TPSA) is 46.3 Å². The third-order valence-electron chi connectivity index (χ3n) is 2.25. The molecule has 14 heavy (non-hydrogen) atoms. The summed E-state index contributed by atoms with van der Waals surface area (Å²) in [4.78, 5) is 12.1. The summed E-state index contributed by atoms with van der Waals surface area (Å²) in [5.74, 6) is -2.44. The van der Waals surface area contributed by atoms with Crippen molar-refractivity contribution < 1.29 is 18.0 Å². The smallest absolute Gasteiger partial charge is 0.339 e. The van der Waals surface area contributed by atoms with Crippen LogP contribution in [0, 0.1) is 5.92 Å². The summed E-state index contributed by atoms with van der Waals surface area (Å²) < 4.78 is 36.9. The fourth-order valence-electron chi connectivity index (χ4n) is 1.46. The number of likely N-dealkylation sites (tertiary alicyclic amines) is 1. The first-order valence-electron chi connectivity index (χ1n) is 4.02. The van der Waals surface area contributed by atoms with E-state index in [0.29, 0.717) is 0 Å². The molecule has 2 N–H and O–H groups in total. The van der Waals surface area contributed by atoms with Crippen molar-refractivity contribution in [3.63, 3.8) is 0 Å². The molecule has 0 aliphatic carbocycles. The Hall–Kier alpha value is -0.490. The van der Waals surface area contributed by atoms with E-state index in [1.807, 2.05) is 0 Å². The lowest BCUT2D eigenvalue weighted by molar-refractivity contribution is -0.173. The number of halogens is 4. The summed E-state index contributed by atoms with van der Waals surface area (Å²) in [6.07, 6.45) is -4.35. The molecule has 0 unspecified atom stereocenters. The number of alkyl halides is 4. The number of rotatable bonds is 1. The zero-order chi connectivity index (χ0) is 10.9. The van der Waals surface area contributed by atoms with Crippen LogP contribution in [0.1, 0.15) is 0 Å². The van der Waals surface area contributed by atoms with Crippen molar-refractivity contribution in [3.8, 4) is 0 Å². The average Bonchev–Trinajstić information content (AvgIpc) is 2.45. The maximum absolute atomic E-state index is 12.3. The number of nitrogens with two attached hydrogens (primary N) is 1. The maximum atomic E-state index is 12.3. The van der Waals surface area contributed by atoms with Gasteiger partial charge in [-0.2, -0.15) is 13.2 Å². The second-order valence-corrected chi connectivity index (χ2v) is 3.51. The summed E-state index contributed by atoms with van der Waals surface area (Å²) in [7, 11) is 0. The van der Waals surface area contributed by atoms with Crippen LogP contribution >= 0.6 is 11.6 Å². The zero-order valence-electron chi connectivity index (χ0n) is 7.22. The molecule has 1 heterocycles. The molecule has 1 aliphatic rings. The van der Waals surface area contributed by atoms with Crippen molar-refractivity contribution in [1.29, 1.82) is 0 Å². The predicted octanol–water partition coefficient (Wildman–Crippen LogP) is 0.573. The lowest BCUT2D eigenvalue weighted by Crippen LogP contribution is -2.38. The van der Waals surface area contributed by atoms with Gasteiger partial charge in [0.25, 0.3) is 0 Å². The molecular weight excluding hydrogens is 221 g/mol. The molecule has 0 bridgehead atoms. The van der Waals surface area contributed by atoms with Crippen molar-refractivity contribution in [1.82, 2.24) is 4.90 Å². The highest BCUT2D eigenvalue weighted by atomic mass is 35.5. The summed E-state index contributed by atoms with van der Waals surface area (Å²) in [5, 5.41) is 0. The van der Waals surface area contributed by atoms with E-state index in [9.17, 15) is 18.0 Å². The monoisotopic (exact) mass is 230 g/mol. The minimum Gasteiger partial charge on any atom is -0.339 e. The van der Waals surface area contributed by atoms with Gasteiger partial charge in [-0.15, -0.1) is 11.6 Å². The van der Waals surface area contributed by atoms with Crippen molar-refractivity contribution in [3.05, 3.63) is 0 Å². The van der Waals surface area contributed by atoms with Crippen LogP contribution in [0.15, 0.2) is 0 Å². The van der Waals surface area contributed by atoms with Crippen molar-refractivity contribution in [2.24, 2.45) is 11.7 Å². The number of hydrogen-bond acceptors (Lipinski definition) is 2. The Morgan fingerprint density at radius 2 is 2.07 bits per heavy atom. The van der Waals surface area contributed by atoms with Gasteiger partial charge in [0.05, 0.1) is 5.92 Å². The third-order valence-corrected chi connectivity index (χ3v) is 2.48. The lowest BCUT2D eigenvalue weighted by Gasteiger charge is -2.17. The molecule has 1 fully saturated rings. The first-order valence-corrected chi connectivity index (χ1v) is 4.55. The number of carbonyl (C=O) groups is 1. The van der Waals surface area contributed by atoms with E-state index in [1.54, 1.807) is 0 Å². The van der Waals surface area contributed by atoms with Crippen molar-refractivity contribution in [2.75, 3.05) is 19.0 Å². The molecule has 3 nitrogen and oxygen atoms in total. The van der Waals surface area contributed by atoms with E-state index in [2.05, 4.69) is 0 Å². The molecule has 1 saturated heterocycles. The van der Waals surface area contributed by atoms with Crippen LogP contribution in [0.3, 0.4) is 0 Å². The number of carbonyl (C=O) groups excluding carboxylic acids is 1. The number of hydrogen-bond donors (Lipinski definition) is 1. The summed E-state index contributed by atoms with van der Waals surface area (Å²) >= 11 is 5.23. The minimum atomic E-state index is -4.35. The fourth-order valence-corrected chi connectivity index (χ4v) is 1.63. The molecule has 0 saturated carbocycles. The van der Waals surface area contributed by atoms with Gasteiger partial charge in [-0.25, -0.2) is 0 Å². The van der Waals surface area contributed by atoms with Crippen LogP contribution < -0.4 is 5.73 Å². The van der Waals surface area contributed by atoms with Crippen LogP contribution in [0.2, 0.25) is 0 Å². The number of amides is 1. The molecule has 1 amide bonds. The first kappa shape index (κ1) is 11.6. The Kier molecular flexibility index (Phi) is 3.26. The van der Waals surface area contributed by atoms with Crippen LogP contribution in [0.25, 0.3) is 0 Å². The van der Waals surface area contributed by atoms with Gasteiger partial charge in [-0.1, -0.05) is 0 Å². The van der Waals surface area contributed by atoms with Crippen molar-refractivity contribution in [2.45, 2.75) is 12.2 Å². The molecule has 82 valence electrons. The highest BCUT2D eigenvalue weighted by molar-refractivity contribution is 6.27. The van der Waals surface area contributed by atoms with E-state index < -0.39 is 24.0 Å². The SMILES string of the molecule is N[C@@H]1CN(C(=O)CCl)C[C@H]1C(F)(F)F. The summed E-state index contributed by atoms with van der Waals surface area (Å²) in [6, 6.07) is -1.04. The molecule has 0 aromatic rings. The van der Waals surface area contributed by atoms with Crippen LogP contribution in [0.5, 0.6) is 0 Å². The van der Waals surface area contributed by atoms with Gasteiger partial charge in [-0.3, -0.25) is 4.79 Å². The fraction of sp³-hybridized carbons (Fsp3) is 0.857. The largest absolute Gasteiger partial charge is 0.395 e. The van der Waals surface area contributed by atoms with Crippen molar-refractivity contribution >= 4 is 17.5 Å². The second kappa shape index (κ2) is 3.94. The van der Waals surface area contributed by atoms with E-state index in [0.717, 1.165) is 4.90 Å². The van der Waals surface area contributed by atoms with Crippen LogP contribution in [-0.2, 0) is 4.79 Å². The van der Waals surface area contributed by atoms with Gasteiger partial charge in [0.1, 0.15) is 5.88 Å². The Balaban J connectivity index is 2.65. The van der Waals surface area contributed by atoms with E-state index >= 15 is 0 Å². The highest BCUT2D eigenvalue weighted by Gasteiger charge is 2.49. The standard InChI is InChI=1S/C7H10ClF3N2O/c8-1-6(14)13-2-4(5(12)3-13)7(9,10)11/h4-5H,1-3,12H2/t4-,5-/m1/s1. The Labute approximate surface area is 84.0 Å². The van der Waals surface area contributed by atoms with E-state index in [-0.39, 0.29) is 19.0 Å². The Morgan fingerprint density at radius 3 is 2.43 bits per heavy atom. The first-order chi connectivity index (χ1) is 6.36. The maximum Gasteiger partial charge on any atom is 0.395 e. The second-order valence-electron chi connectivity index (χ2n) is 3.24. The zero-order valence-corrected chi connectivity index (χ0v) is 7.98. The summed E-state index contributed by atoms with van der Waals surface area (Å²) in [6.45, 7) is -0.452. The van der Waals surface area contributed by atoms with Gasteiger partial charge < -0.3 is 10.6 Å². The Morgan fingerprint density at radius 1 is 1.50 bits per heavy atom. The molecule has 1 aliphatic heterocycles. The normalized spacial score (nSPS) is 28.2. The average molecular weight is 231 g/mol. The van der Waals surface area contributed by atoms with E-state index in [1.165, 1.54) is 0 Å². The third kappa shape index (κ3) is 2.30. The molecule has 7 heteroatoms. The van der Waals surface area contributed by atoms with Crippen LogP contribution in [0.4, 0.5) is 13.2 Å². The van der Waals surface area contributed by atoms with E-state index in [4.69, 9.17) is 17.3 Å². The molecule has 0 aromatic carbocycles. The molecule has 2 atom stereocenters. The van der Waals surface area contributed by atoms with Gasteiger partial charge in [0, 0.05) is 19.1 Å². The molecule has 0 radical (unpaired) electrons. The lowest BCUT2D eigenvalue weighted by atomic mass is 10.1. The minimum absolute atomic E-state index is 0.0737. The quantitative estimate of drug-likeness (QED) is 0.670. The van der Waals surface area contributed by atoms with Gasteiger partial charge in [-0.05, 0) is 0 Å². The Bertz CT molecular complexity index is 233. The molecule has 0 spiro atoms. The summed E-state index contributed by atoms with van der Waals surface area (Å²) in [5.41, 5.74) is 5.29. The highest BCUT2D eigenvalue weighted by Crippen LogP contribution is 2.32. The predicted molar refractivity (Wildman–Crippen MR) is 44.8 cm³/mol. The molecular formula is C7H10ClF3N2O.